The first kappa shape index (κ1) is 20.4. The van der Waals surface area contributed by atoms with Crippen LogP contribution in [-0.2, 0) is 11.2 Å². The number of amides is 1. The Hall–Kier alpha value is -2.89. The highest BCUT2D eigenvalue weighted by atomic mass is 16.5. The maximum absolute atomic E-state index is 12.2. The molecule has 2 aromatic rings. The van der Waals surface area contributed by atoms with E-state index in [0.29, 0.717) is 23.8 Å². The highest BCUT2D eigenvalue weighted by molar-refractivity contribution is 5.79. The van der Waals surface area contributed by atoms with E-state index in [-0.39, 0.29) is 12.3 Å². The van der Waals surface area contributed by atoms with E-state index in [1.165, 1.54) is 5.69 Å². The topological polar surface area (TPSA) is 60.0 Å². The molecule has 0 radical (unpaired) electrons. The van der Waals surface area contributed by atoms with Crippen LogP contribution in [0.1, 0.15) is 12.0 Å². The van der Waals surface area contributed by atoms with E-state index in [1.54, 1.807) is 33.5 Å². The van der Waals surface area contributed by atoms with Gasteiger partial charge in [-0.1, -0.05) is 18.2 Å². The fourth-order valence-electron chi connectivity index (χ4n) is 2.84. The van der Waals surface area contributed by atoms with E-state index in [0.717, 1.165) is 18.5 Å². The summed E-state index contributed by atoms with van der Waals surface area (Å²) in [7, 11) is 6.72. The molecule has 1 amide bonds. The molecule has 0 unspecified atom stereocenters. The van der Waals surface area contributed by atoms with Gasteiger partial charge in [0.05, 0.1) is 27.8 Å². The van der Waals surface area contributed by atoms with Crippen molar-refractivity contribution < 1.29 is 19.0 Å². The maximum Gasteiger partial charge on any atom is 0.224 e. The summed E-state index contributed by atoms with van der Waals surface area (Å²) in [6.07, 6.45) is 1.12. The Bertz CT molecular complexity index is 709. The maximum atomic E-state index is 12.2. The standard InChI is InChI=1S/C21H28N2O4/c1-23(17-9-6-5-7-10-17)12-8-11-22-20(24)15-16-13-18(25-2)21(27-4)19(14-16)26-3/h5-7,9-10,13-14H,8,11-12,15H2,1-4H3,(H,22,24). The van der Waals surface area contributed by atoms with Crippen molar-refractivity contribution in [3.8, 4) is 17.2 Å². The highest BCUT2D eigenvalue weighted by Crippen LogP contribution is 2.38. The minimum absolute atomic E-state index is 0.0355. The lowest BCUT2D eigenvalue weighted by Gasteiger charge is -2.19. The average molecular weight is 372 g/mol. The number of anilines is 1. The van der Waals surface area contributed by atoms with Crippen LogP contribution in [0.2, 0.25) is 0 Å². The molecule has 146 valence electrons. The molecule has 2 rings (SSSR count). The third kappa shape index (κ3) is 5.81. The summed E-state index contributed by atoms with van der Waals surface area (Å²) in [4.78, 5) is 14.4. The number of nitrogens with one attached hydrogen (secondary N) is 1. The van der Waals surface area contributed by atoms with E-state index in [1.807, 2.05) is 25.2 Å². The molecule has 0 aliphatic rings. The number of hydrogen-bond acceptors (Lipinski definition) is 5. The summed E-state index contributed by atoms with van der Waals surface area (Å²) >= 11 is 0. The van der Waals surface area contributed by atoms with E-state index in [9.17, 15) is 4.79 Å². The molecule has 2 aromatic carbocycles. The molecule has 0 fully saturated rings. The van der Waals surface area contributed by atoms with Crippen LogP contribution in [0, 0.1) is 0 Å². The van der Waals surface area contributed by atoms with Gasteiger partial charge < -0.3 is 24.4 Å². The first-order valence-electron chi connectivity index (χ1n) is 8.90. The zero-order valence-electron chi connectivity index (χ0n) is 16.5. The molecule has 27 heavy (non-hydrogen) atoms. The predicted octanol–water partition coefficient (Wildman–Crippen LogP) is 2.90. The average Bonchev–Trinajstić information content (AvgIpc) is 2.70. The molecule has 1 N–H and O–H groups in total. The number of carbonyl (C=O) groups excluding carboxylic acids is 1. The summed E-state index contributed by atoms with van der Waals surface area (Å²) in [5.41, 5.74) is 1.98. The van der Waals surface area contributed by atoms with Crippen molar-refractivity contribution in [3.63, 3.8) is 0 Å². The SMILES string of the molecule is COc1cc(CC(=O)NCCCN(C)c2ccccc2)cc(OC)c1OC. The summed E-state index contributed by atoms with van der Waals surface area (Å²) in [6.45, 7) is 1.49. The zero-order chi connectivity index (χ0) is 19.6. The number of ether oxygens (including phenoxy) is 3. The van der Waals surface area contributed by atoms with Gasteiger partial charge in [0.15, 0.2) is 11.5 Å². The minimum atomic E-state index is -0.0355. The Morgan fingerprint density at radius 1 is 1.00 bits per heavy atom. The van der Waals surface area contributed by atoms with Crippen molar-refractivity contribution in [1.82, 2.24) is 5.32 Å². The van der Waals surface area contributed by atoms with Crippen LogP contribution in [0.5, 0.6) is 17.2 Å². The van der Waals surface area contributed by atoms with Crippen molar-refractivity contribution in [1.29, 1.82) is 0 Å². The summed E-state index contributed by atoms with van der Waals surface area (Å²) < 4.78 is 16.0. The summed E-state index contributed by atoms with van der Waals surface area (Å²) in [5.74, 6) is 1.58. The molecule has 0 aromatic heterocycles. The van der Waals surface area contributed by atoms with Crippen LogP contribution in [0.3, 0.4) is 0 Å². The smallest absolute Gasteiger partial charge is 0.224 e. The molecular weight excluding hydrogens is 344 g/mol. The predicted molar refractivity (Wildman–Crippen MR) is 107 cm³/mol. The van der Waals surface area contributed by atoms with E-state index in [4.69, 9.17) is 14.2 Å². The van der Waals surface area contributed by atoms with Crippen molar-refractivity contribution in [2.45, 2.75) is 12.8 Å². The molecule has 0 spiro atoms. The number of carbonyl (C=O) groups is 1. The molecule has 6 nitrogen and oxygen atoms in total. The Kier molecular flexibility index (Phi) is 7.79. The van der Waals surface area contributed by atoms with Gasteiger partial charge in [-0.2, -0.15) is 0 Å². The second-order valence-electron chi connectivity index (χ2n) is 6.17. The molecule has 6 heteroatoms. The Balaban J connectivity index is 1.83. The molecular formula is C21H28N2O4. The second-order valence-corrected chi connectivity index (χ2v) is 6.17. The number of methoxy groups -OCH3 is 3. The van der Waals surface area contributed by atoms with Gasteiger partial charge in [0.2, 0.25) is 11.7 Å². The zero-order valence-corrected chi connectivity index (χ0v) is 16.5. The summed E-state index contributed by atoms with van der Waals surface area (Å²) in [5, 5.41) is 2.96. The Labute approximate surface area is 161 Å². The normalized spacial score (nSPS) is 10.2. The van der Waals surface area contributed by atoms with Gasteiger partial charge in [-0.3, -0.25) is 4.79 Å². The van der Waals surface area contributed by atoms with Gasteiger partial charge in [-0.05, 0) is 36.2 Å². The van der Waals surface area contributed by atoms with Crippen LogP contribution < -0.4 is 24.4 Å². The van der Waals surface area contributed by atoms with Gasteiger partial charge in [0, 0.05) is 25.8 Å². The molecule has 0 bridgehead atoms. The van der Waals surface area contributed by atoms with Crippen molar-refractivity contribution >= 4 is 11.6 Å². The highest BCUT2D eigenvalue weighted by Gasteiger charge is 2.14. The Morgan fingerprint density at radius 2 is 1.63 bits per heavy atom. The third-order valence-electron chi connectivity index (χ3n) is 4.28. The first-order chi connectivity index (χ1) is 13.1. The second kappa shape index (κ2) is 10.3. The van der Waals surface area contributed by atoms with Gasteiger partial charge in [-0.15, -0.1) is 0 Å². The number of rotatable bonds is 10. The molecule has 0 heterocycles. The number of para-hydroxylation sites is 1. The monoisotopic (exact) mass is 372 g/mol. The van der Waals surface area contributed by atoms with Gasteiger partial charge >= 0.3 is 0 Å². The fourth-order valence-corrected chi connectivity index (χ4v) is 2.84. The van der Waals surface area contributed by atoms with E-state index >= 15 is 0 Å². The molecule has 0 aliphatic carbocycles. The van der Waals surface area contributed by atoms with Gasteiger partial charge in [-0.25, -0.2) is 0 Å². The lowest BCUT2D eigenvalue weighted by molar-refractivity contribution is -0.120. The molecule has 0 aliphatic heterocycles. The van der Waals surface area contributed by atoms with Gasteiger partial charge in [0.25, 0.3) is 0 Å². The van der Waals surface area contributed by atoms with Crippen LogP contribution in [0.25, 0.3) is 0 Å². The largest absolute Gasteiger partial charge is 0.493 e. The third-order valence-corrected chi connectivity index (χ3v) is 4.28. The van der Waals surface area contributed by atoms with Crippen molar-refractivity contribution in [2.75, 3.05) is 46.4 Å². The fraction of sp³-hybridized carbons (Fsp3) is 0.381. The Morgan fingerprint density at radius 3 is 2.19 bits per heavy atom. The number of benzene rings is 2. The lowest BCUT2D eigenvalue weighted by Crippen LogP contribution is -2.29. The van der Waals surface area contributed by atoms with Gasteiger partial charge in [0.1, 0.15) is 0 Å². The molecule has 0 saturated carbocycles. The summed E-state index contributed by atoms with van der Waals surface area (Å²) in [6, 6.07) is 13.8. The quantitative estimate of drug-likeness (QED) is 0.650. The van der Waals surface area contributed by atoms with Crippen LogP contribution in [0.4, 0.5) is 5.69 Å². The van der Waals surface area contributed by atoms with Crippen molar-refractivity contribution in [3.05, 3.63) is 48.0 Å². The van der Waals surface area contributed by atoms with Crippen molar-refractivity contribution in [2.24, 2.45) is 0 Å². The first-order valence-corrected chi connectivity index (χ1v) is 8.90. The van der Waals surface area contributed by atoms with Crippen LogP contribution >= 0.6 is 0 Å². The minimum Gasteiger partial charge on any atom is -0.493 e. The van der Waals surface area contributed by atoms with E-state index in [2.05, 4.69) is 22.3 Å². The lowest BCUT2D eigenvalue weighted by atomic mass is 10.1. The number of hydrogen-bond donors (Lipinski definition) is 1. The number of nitrogens with zero attached hydrogens (tertiary/aromatic N) is 1. The van der Waals surface area contributed by atoms with Crippen LogP contribution in [-0.4, -0.2) is 47.4 Å². The van der Waals surface area contributed by atoms with E-state index < -0.39 is 0 Å². The molecule has 0 atom stereocenters. The van der Waals surface area contributed by atoms with Crippen LogP contribution in [0.15, 0.2) is 42.5 Å². The molecule has 0 saturated heterocycles.